The van der Waals surface area contributed by atoms with Crippen molar-refractivity contribution in [2.24, 2.45) is 7.05 Å². The highest BCUT2D eigenvalue weighted by Gasteiger charge is 2.21. The van der Waals surface area contributed by atoms with Crippen molar-refractivity contribution in [1.29, 1.82) is 0 Å². The van der Waals surface area contributed by atoms with Gasteiger partial charge in [0, 0.05) is 16.2 Å². The third-order valence-electron chi connectivity index (χ3n) is 3.53. The molecule has 0 saturated carbocycles. The molecule has 2 aromatic rings. The van der Waals surface area contributed by atoms with Crippen molar-refractivity contribution in [2.75, 3.05) is 18.5 Å². The topological polar surface area (TPSA) is 126 Å². The van der Waals surface area contributed by atoms with E-state index in [0.29, 0.717) is 3.57 Å². The van der Waals surface area contributed by atoms with Gasteiger partial charge < -0.3 is 15.5 Å². The number of aliphatic hydroxyl groups is 2. The first kappa shape index (κ1) is 21.2. The molecule has 4 N–H and O–H groups in total. The molecule has 1 atom stereocenters. The second kappa shape index (κ2) is 9.21. The Bertz CT molecular complexity index is 905. The van der Waals surface area contributed by atoms with Crippen LogP contribution in [0.15, 0.2) is 23.0 Å². The highest BCUT2D eigenvalue weighted by molar-refractivity contribution is 14.1. The van der Waals surface area contributed by atoms with Gasteiger partial charge >= 0.3 is 0 Å². The molecule has 0 aliphatic carbocycles. The van der Waals surface area contributed by atoms with Crippen molar-refractivity contribution in [3.05, 3.63) is 49.2 Å². The number of carbonyl (C=O) groups excluding carboxylic acids is 1. The van der Waals surface area contributed by atoms with Gasteiger partial charge in [-0.15, -0.1) is 0 Å². The summed E-state index contributed by atoms with van der Waals surface area (Å²) in [6.07, 6.45) is -1.17. The number of aromatic nitrogens is 2. The molecule has 2 rings (SSSR count). The van der Waals surface area contributed by atoms with Gasteiger partial charge in [-0.2, -0.15) is 5.10 Å². The molecule has 0 radical (unpaired) electrons. The van der Waals surface area contributed by atoms with Crippen molar-refractivity contribution < 1.29 is 24.2 Å². The van der Waals surface area contributed by atoms with Gasteiger partial charge in [0.25, 0.3) is 11.5 Å². The largest absolute Gasteiger partial charge is 0.394 e. The molecular formula is C16H18FIN4O5. The van der Waals surface area contributed by atoms with E-state index in [1.165, 1.54) is 26.1 Å². The van der Waals surface area contributed by atoms with Crippen LogP contribution in [0.4, 0.5) is 15.8 Å². The van der Waals surface area contributed by atoms with E-state index in [4.69, 9.17) is 9.94 Å². The van der Waals surface area contributed by atoms with E-state index in [-0.39, 0.29) is 29.2 Å². The maximum absolute atomic E-state index is 14.2. The smallest absolute Gasteiger partial charge is 0.297 e. The number of amides is 1. The van der Waals surface area contributed by atoms with Crippen molar-refractivity contribution >= 4 is 39.9 Å². The summed E-state index contributed by atoms with van der Waals surface area (Å²) < 4.78 is 15.8. The summed E-state index contributed by atoms with van der Waals surface area (Å²) >= 11 is 1.96. The maximum Gasteiger partial charge on any atom is 0.297 e. The number of aliphatic hydroxyl groups excluding tert-OH is 2. The third kappa shape index (κ3) is 5.22. The molecule has 0 fully saturated rings. The number of anilines is 2. The number of rotatable bonds is 7. The first-order chi connectivity index (χ1) is 12.7. The van der Waals surface area contributed by atoms with Crippen LogP contribution in [-0.2, 0) is 11.9 Å². The van der Waals surface area contributed by atoms with Gasteiger partial charge in [0.15, 0.2) is 5.69 Å². The van der Waals surface area contributed by atoms with E-state index in [0.717, 1.165) is 4.68 Å². The zero-order valence-electron chi connectivity index (χ0n) is 14.5. The Morgan fingerprint density at radius 2 is 2.19 bits per heavy atom. The predicted molar refractivity (Wildman–Crippen MR) is 103 cm³/mol. The summed E-state index contributed by atoms with van der Waals surface area (Å²) in [5, 5.41) is 24.6. The maximum atomic E-state index is 14.2. The molecule has 1 heterocycles. The van der Waals surface area contributed by atoms with E-state index < -0.39 is 30.0 Å². The van der Waals surface area contributed by atoms with E-state index in [9.17, 15) is 19.1 Å². The Balaban J connectivity index is 2.36. The number of nitrogens with one attached hydrogen (secondary N) is 2. The zero-order valence-corrected chi connectivity index (χ0v) is 16.7. The second-order valence-electron chi connectivity index (χ2n) is 5.61. The summed E-state index contributed by atoms with van der Waals surface area (Å²) in [4.78, 5) is 29.4. The lowest BCUT2D eigenvalue weighted by molar-refractivity contribution is -0.0297. The SMILES string of the molecule is Cc1c(Nc2ccc(I)cc2F)c(C(=O)NOC[C@H](O)CO)nn(C)c1=O. The van der Waals surface area contributed by atoms with Crippen molar-refractivity contribution in [1.82, 2.24) is 15.3 Å². The van der Waals surface area contributed by atoms with Gasteiger partial charge in [0.2, 0.25) is 0 Å². The number of hydrogen-bond donors (Lipinski definition) is 4. The van der Waals surface area contributed by atoms with Crippen LogP contribution in [0.5, 0.6) is 0 Å². The van der Waals surface area contributed by atoms with Crippen LogP contribution in [-0.4, -0.2) is 45.2 Å². The van der Waals surface area contributed by atoms with Crippen molar-refractivity contribution in [2.45, 2.75) is 13.0 Å². The number of benzene rings is 1. The number of hydrogen-bond acceptors (Lipinski definition) is 7. The number of hydroxylamine groups is 1. The highest BCUT2D eigenvalue weighted by atomic mass is 127. The molecule has 0 bridgehead atoms. The molecule has 1 amide bonds. The van der Waals surface area contributed by atoms with Gasteiger partial charge in [-0.05, 0) is 47.7 Å². The highest BCUT2D eigenvalue weighted by Crippen LogP contribution is 2.25. The number of nitrogens with zero attached hydrogens (tertiary/aromatic N) is 2. The van der Waals surface area contributed by atoms with Crippen LogP contribution in [0, 0.1) is 16.3 Å². The lowest BCUT2D eigenvalue weighted by Gasteiger charge is -2.16. The lowest BCUT2D eigenvalue weighted by Crippen LogP contribution is -2.34. The van der Waals surface area contributed by atoms with E-state index in [1.54, 1.807) is 6.07 Å². The predicted octanol–water partition coefficient (Wildman–Crippen LogP) is 0.591. The van der Waals surface area contributed by atoms with Gasteiger partial charge in [-0.3, -0.25) is 14.4 Å². The molecule has 0 spiro atoms. The van der Waals surface area contributed by atoms with Gasteiger partial charge in [0.05, 0.1) is 18.0 Å². The molecule has 0 unspecified atom stereocenters. The van der Waals surface area contributed by atoms with Gasteiger partial charge in [-0.1, -0.05) is 0 Å². The van der Waals surface area contributed by atoms with Gasteiger partial charge in [0.1, 0.15) is 18.5 Å². The number of halogens is 2. The molecule has 9 nitrogen and oxygen atoms in total. The fourth-order valence-electron chi connectivity index (χ4n) is 2.11. The molecule has 1 aromatic carbocycles. The van der Waals surface area contributed by atoms with Crippen LogP contribution < -0.4 is 16.4 Å². The molecular weight excluding hydrogens is 474 g/mol. The Morgan fingerprint density at radius 1 is 1.48 bits per heavy atom. The summed E-state index contributed by atoms with van der Waals surface area (Å²) in [7, 11) is 1.37. The standard InChI is InChI=1S/C16H18FIN4O5/c1-8-13(19-12-4-3-9(18)5-11(12)17)14(20-22(2)16(8)26)15(25)21-27-7-10(24)6-23/h3-5,10,19,23-24H,6-7H2,1-2H3,(H,21,25)/t10-/m1/s1. The average Bonchev–Trinajstić information content (AvgIpc) is 2.63. The molecule has 0 saturated heterocycles. The van der Waals surface area contributed by atoms with Crippen LogP contribution in [0.3, 0.4) is 0 Å². The molecule has 146 valence electrons. The Morgan fingerprint density at radius 3 is 2.81 bits per heavy atom. The van der Waals surface area contributed by atoms with E-state index in [1.807, 2.05) is 22.6 Å². The fraction of sp³-hybridized carbons (Fsp3) is 0.312. The van der Waals surface area contributed by atoms with Crippen LogP contribution in [0.25, 0.3) is 0 Å². The first-order valence-corrected chi connectivity index (χ1v) is 8.83. The second-order valence-corrected chi connectivity index (χ2v) is 6.85. The Labute approximate surface area is 167 Å². The average molecular weight is 492 g/mol. The Hall–Kier alpha value is -2.09. The van der Waals surface area contributed by atoms with Crippen LogP contribution in [0.2, 0.25) is 0 Å². The molecule has 11 heteroatoms. The normalized spacial score (nSPS) is 11.9. The summed E-state index contributed by atoms with van der Waals surface area (Å²) in [6, 6.07) is 4.44. The minimum atomic E-state index is -1.17. The van der Waals surface area contributed by atoms with Crippen molar-refractivity contribution in [3.8, 4) is 0 Å². The summed E-state index contributed by atoms with van der Waals surface area (Å²) in [5.41, 5.74) is 1.66. The first-order valence-electron chi connectivity index (χ1n) is 7.75. The third-order valence-corrected chi connectivity index (χ3v) is 4.20. The fourth-order valence-corrected chi connectivity index (χ4v) is 2.57. The van der Waals surface area contributed by atoms with Crippen molar-refractivity contribution in [3.63, 3.8) is 0 Å². The minimum Gasteiger partial charge on any atom is -0.394 e. The quantitative estimate of drug-likeness (QED) is 0.330. The molecule has 1 aromatic heterocycles. The van der Waals surface area contributed by atoms with E-state index >= 15 is 0 Å². The minimum absolute atomic E-state index is 0.0296. The van der Waals surface area contributed by atoms with Crippen LogP contribution in [0.1, 0.15) is 16.1 Å². The zero-order chi connectivity index (χ0) is 20.1. The van der Waals surface area contributed by atoms with Crippen LogP contribution >= 0.6 is 22.6 Å². The molecule has 0 aliphatic heterocycles. The molecule has 0 aliphatic rings. The van der Waals surface area contributed by atoms with E-state index in [2.05, 4.69) is 15.9 Å². The number of carbonyl (C=O) groups is 1. The number of aryl methyl sites for hydroxylation is 1. The monoisotopic (exact) mass is 492 g/mol. The van der Waals surface area contributed by atoms with Gasteiger partial charge in [-0.25, -0.2) is 14.6 Å². The summed E-state index contributed by atoms with van der Waals surface area (Å²) in [6.45, 7) is 0.595. The summed E-state index contributed by atoms with van der Waals surface area (Å²) in [5.74, 6) is -1.37. The molecule has 27 heavy (non-hydrogen) atoms. The Kier molecular flexibility index (Phi) is 7.24. The lowest BCUT2D eigenvalue weighted by atomic mass is 10.2.